The summed E-state index contributed by atoms with van der Waals surface area (Å²) in [6.45, 7) is 11.0. The molecule has 1 aliphatic rings. The second-order valence-corrected chi connectivity index (χ2v) is 7.84. The molecule has 2 atom stereocenters. The summed E-state index contributed by atoms with van der Waals surface area (Å²) in [6.07, 6.45) is 10.1. The predicted octanol–water partition coefficient (Wildman–Crippen LogP) is 5.35. The van der Waals surface area contributed by atoms with Crippen LogP contribution in [0.4, 0.5) is 0 Å². The van der Waals surface area contributed by atoms with Crippen molar-refractivity contribution in [3.63, 3.8) is 0 Å². The zero-order valence-electron chi connectivity index (χ0n) is 15.3. The van der Waals surface area contributed by atoms with Gasteiger partial charge >= 0.3 is 0 Å². The Bertz CT molecular complexity index is 464. The van der Waals surface area contributed by atoms with E-state index >= 15 is 0 Å². The van der Waals surface area contributed by atoms with Crippen molar-refractivity contribution in [3.8, 4) is 0 Å². The Morgan fingerprint density at radius 2 is 2.13 bits per heavy atom. The van der Waals surface area contributed by atoms with Crippen LogP contribution in [0, 0.1) is 17.3 Å². The fourth-order valence-electron chi connectivity index (χ4n) is 3.44. The van der Waals surface area contributed by atoms with Gasteiger partial charge in [0.15, 0.2) is 0 Å². The van der Waals surface area contributed by atoms with Crippen LogP contribution in [-0.2, 0) is 4.74 Å². The molecule has 3 heteroatoms. The molecule has 1 aromatic rings. The van der Waals surface area contributed by atoms with Crippen LogP contribution in [0.5, 0.6) is 0 Å². The number of nitrogens with zero attached hydrogens (tertiary/aromatic N) is 1. The van der Waals surface area contributed by atoms with Crippen LogP contribution >= 0.6 is 0 Å². The van der Waals surface area contributed by atoms with Gasteiger partial charge < -0.3 is 9.15 Å². The molecule has 1 saturated heterocycles. The van der Waals surface area contributed by atoms with E-state index in [2.05, 4.69) is 32.7 Å². The van der Waals surface area contributed by atoms with Crippen LogP contribution in [0.25, 0.3) is 0 Å². The van der Waals surface area contributed by atoms with Gasteiger partial charge in [-0.1, -0.05) is 34.1 Å². The standard InChI is InChI=1S/C20H33NO2/c1-16(2)7-8-20(10-13-23-19(14-20)17(3)4)9-11-21-15-18-6-5-12-22-18/h5-6,12,15-17,19H,7-11,13-14H2,1-4H3/t19-,20-/m1/s1. The molecule has 3 nitrogen and oxygen atoms in total. The number of ether oxygens (including phenoxy) is 1. The topological polar surface area (TPSA) is 34.7 Å². The maximum absolute atomic E-state index is 6.01. The minimum Gasteiger partial charge on any atom is -0.463 e. The van der Waals surface area contributed by atoms with Gasteiger partial charge in [0.2, 0.25) is 0 Å². The van der Waals surface area contributed by atoms with Crippen molar-refractivity contribution in [1.82, 2.24) is 0 Å². The van der Waals surface area contributed by atoms with Gasteiger partial charge in [-0.2, -0.15) is 0 Å². The quantitative estimate of drug-likeness (QED) is 0.606. The highest BCUT2D eigenvalue weighted by Gasteiger charge is 2.37. The molecule has 23 heavy (non-hydrogen) atoms. The summed E-state index contributed by atoms with van der Waals surface area (Å²) in [5.41, 5.74) is 0.401. The summed E-state index contributed by atoms with van der Waals surface area (Å²) in [5.74, 6) is 2.20. The van der Waals surface area contributed by atoms with Gasteiger partial charge in [-0.15, -0.1) is 0 Å². The van der Waals surface area contributed by atoms with Gasteiger partial charge in [0.05, 0.1) is 18.6 Å². The number of furan rings is 1. The SMILES string of the molecule is CC(C)CC[C@@]1(CCN=Cc2ccco2)CCO[C@@H](C(C)C)C1. The summed E-state index contributed by atoms with van der Waals surface area (Å²) in [5, 5.41) is 0. The van der Waals surface area contributed by atoms with Gasteiger partial charge in [-0.3, -0.25) is 4.99 Å². The Kier molecular flexibility index (Phi) is 6.88. The van der Waals surface area contributed by atoms with Gasteiger partial charge in [-0.05, 0) is 55.1 Å². The zero-order valence-corrected chi connectivity index (χ0v) is 15.3. The normalized spacial score (nSPS) is 25.7. The van der Waals surface area contributed by atoms with Gasteiger partial charge in [0.25, 0.3) is 0 Å². The molecule has 0 aromatic carbocycles. The lowest BCUT2D eigenvalue weighted by Gasteiger charge is -2.43. The Morgan fingerprint density at radius 3 is 2.78 bits per heavy atom. The second kappa shape index (κ2) is 8.68. The lowest BCUT2D eigenvalue weighted by Crippen LogP contribution is -2.38. The third-order valence-electron chi connectivity index (χ3n) is 5.13. The monoisotopic (exact) mass is 319 g/mol. The van der Waals surface area contributed by atoms with Crippen LogP contribution in [0.3, 0.4) is 0 Å². The highest BCUT2D eigenvalue weighted by Crippen LogP contribution is 2.43. The first-order valence-corrected chi connectivity index (χ1v) is 9.16. The third-order valence-corrected chi connectivity index (χ3v) is 5.13. The van der Waals surface area contributed by atoms with E-state index in [9.17, 15) is 0 Å². The molecule has 0 spiro atoms. The second-order valence-electron chi connectivity index (χ2n) is 7.84. The van der Waals surface area contributed by atoms with Crippen LogP contribution in [0.15, 0.2) is 27.8 Å². The average molecular weight is 319 g/mol. The van der Waals surface area contributed by atoms with Crippen molar-refractivity contribution in [1.29, 1.82) is 0 Å². The summed E-state index contributed by atoms with van der Waals surface area (Å²) in [7, 11) is 0. The first-order valence-electron chi connectivity index (χ1n) is 9.16. The highest BCUT2D eigenvalue weighted by atomic mass is 16.5. The van der Waals surface area contributed by atoms with Crippen molar-refractivity contribution >= 4 is 6.21 Å². The van der Waals surface area contributed by atoms with Crippen molar-refractivity contribution in [2.75, 3.05) is 13.2 Å². The number of aliphatic imine (C=N–C) groups is 1. The predicted molar refractivity (Wildman–Crippen MR) is 96.1 cm³/mol. The fraction of sp³-hybridized carbons (Fsp3) is 0.750. The van der Waals surface area contributed by atoms with Crippen molar-refractivity contribution < 1.29 is 9.15 Å². The summed E-state index contributed by atoms with van der Waals surface area (Å²) >= 11 is 0. The summed E-state index contributed by atoms with van der Waals surface area (Å²) in [6, 6.07) is 3.85. The average Bonchev–Trinajstić information content (AvgIpc) is 3.03. The smallest absolute Gasteiger partial charge is 0.144 e. The molecule has 1 aromatic heterocycles. The number of hydrogen-bond acceptors (Lipinski definition) is 3. The van der Waals surface area contributed by atoms with Crippen LogP contribution in [0.2, 0.25) is 0 Å². The molecular formula is C20H33NO2. The van der Waals surface area contributed by atoms with Crippen molar-refractivity contribution in [2.24, 2.45) is 22.2 Å². The number of hydrogen-bond donors (Lipinski definition) is 0. The third kappa shape index (κ3) is 5.80. The lowest BCUT2D eigenvalue weighted by atomic mass is 9.69. The van der Waals surface area contributed by atoms with E-state index in [1.54, 1.807) is 6.26 Å². The van der Waals surface area contributed by atoms with E-state index in [0.717, 1.165) is 31.3 Å². The fourth-order valence-corrected chi connectivity index (χ4v) is 3.44. The van der Waals surface area contributed by atoms with Crippen LogP contribution in [0.1, 0.15) is 65.6 Å². The van der Waals surface area contributed by atoms with Crippen molar-refractivity contribution in [2.45, 2.75) is 65.9 Å². The molecule has 1 aliphatic heterocycles. The molecule has 130 valence electrons. The van der Waals surface area contributed by atoms with E-state index in [4.69, 9.17) is 9.15 Å². The molecule has 1 fully saturated rings. The number of rotatable bonds is 8. The maximum atomic E-state index is 6.01. The Morgan fingerprint density at radius 1 is 1.30 bits per heavy atom. The molecule has 2 rings (SSSR count). The summed E-state index contributed by atoms with van der Waals surface area (Å²) < 4.78 is 11.3. The zero-order chi connectivity index (χ0) is 16.7. The Labute approximate surface area is 141 Å². The Hall–Kier alpha value is -1.09. The van der Waals surface area contributed by atoms with Crippen LogP contribution < -0.4 is 0 Å². The molecular weight excluding hydrogens is 286 g/mol. The minimum absolute atomic E-state index is 0.401. The molecule has 0 aliphatic carbocycles. The van der Waals surface area contributed by atoms with E-state index in [1.807, 2.05) is 18.3 Å². The van der Waals surface area contributed by atoms with Gasteiger partial charge in [-0.25, -0.2) is 0 Å². The van der Waals surface area contributed by atoms with Crippen LogP contribution in [-0.4, -0.2) is 25.5 Å². The molecule has 2 heterocycles. The van der Waals surface area contributed by atoms with Gasteiger partial charge in [0.1, 0.15) is 5.76 Å². The molecule has 0 bridgehead atoms. The van der Waals surface area contributed by atoms with E-state index in [1.165, 1.54) is 25.7 Å². The van der Waals surface area contributed by atoms with Crippen molar-refractivity contribution in [3.05, 3.63) is 24.2 Å². The lowest BCUT2D eigenvalue weighted by molar-refractivity contribution is -0.0755. The van der Waals surface area contributed by atoms with E-state index < -0.39 is 0 Å². The minimum atomic E-state index is 0.401. The summed E-state index contributed by atoms with van der Waals surface area (Å²) in [4.78, 5) is 4.59. The molecule has 0 N–H and O–H groups in total. The molecule has 0 radical (unpaired) electrons. The van der Waals surface area contributed by atoms with Gasteiger partial charge in [0, 0.05) is 13.2 Å². The maximum Gasteiger partial charge on any atom is 0.144 e. The Balaban J connectivity index is 1.95. The first-order chi connectivity index (χ1) is 11.0. The molecule has 0 amide bonds. The highest BCUT2D eigenvalue weighted by molar-refractivity contribution is 5.75. The largest absolute Gasteiger partial charge is 0.463 e. The molecule has 0 unspecified atom stereocenters. The van der Waals surface area contributed by atoms with E-state index in [0.29, 0.717) is 17.4 Å². The van der Waals surface area contributed by atoms with E-state index in [-0.39, 0.29) is 0 Å². The molecule has 0 saturated carbocycles. The first kappa shape index (κ1) is 18.3.